The van der Waals surface area contributed by atoms with E-state index < -0.39 is 5.82 Å². The van der Waals surface area contributed by atoms with Crippen LogP contribution in [0, 0.1) is 11.6 Å². The smallest absolute Gasteiger partial charge is 0.251 e. The van der Waals surface area contributed by atoms with Crippen molar-refractivity contribution in [3.05, 3.63) is 64.9 Å². The molecule has 7 heteroatoms. The Hall–Kier alpha value is -2.93. The van der Waals surface area contributed by atoms with Crippen molar-refractivity contribution in [2.45, 2.75) is 25.3 Å². The second-order valence-electron chi connectivity index (χ2n) is 7.26. The highest BCUT2D eigenvalue weighted by atomic mass is 19.1. The second-order valence-corrected chi connectivity index (χ2v) is 7.26. The molecule has 1 aliphatic heterocycles. The summed E-state index contributed by atoms with van der Waals surface area (Å²) < 4.78 is 33.2. The van der Waals surface area contributed by atoms with Crippen LogP contribution in [0.3, 0.4) is 0 Å². The van der Waals surface area contributed by atoms with E-state index in [-0.39, 0.29) is 23.5 Å². The first kappa shape index (κ1) is 19.4. The average Bonchev–Trinajstić information content (AvgIpc) is 3.13. The summed E-state index contributed by atoms with van der Waals surface area (Å²) in [6, 6.07) is 7.49. The van der Waals surface area contributed by atoms with Crippen LogP contribution in [0.5, 0.6) is 5.75 Å². The van der Waals surface area contributed by atoms with Crippen molar-refractivity contribution in [3.8, 4) is 5.75 Å². The zero-order valence-electron chi connectivity index (χ0n) is 16.1. The van der Waals surface area contributed by atoms with Gasteiger partial charge in [0.05, 0.1) is 0 Å². The third-order valence-electron chi connectivity index (χ3n) is 5.35. The molecule has 1 aliphatic rings. The molecule has 0 fully saturated rings. The molecular formula is C22H23F2N3O2. The van der Waals surface area contributed by atoms with Gasteiger partial charge in [-0.15, -0.1) is 0 Å². The van der Waals surface area contributed by atoms with Crippen LogP contribution in [-0.2, 0) is 12.8 Å². The lowest BCUT2D eigenvalue weighted by Crippen LogP contribution is -2.41. The lowest BCUT2D eigenvalue weighted by Gasteiger charge is -2.28. The van der Waals surface area contributed by atoms with E-state index in [0.29, 0.717) is 24.2 Å². The van der Waals surface area contributed by atoms with Gasteiger partial charge >= 0.3 is 0 Å². The molecule has 1 aromatic heterocycles. The van der Waals surface area contributed by atoms with Gasteiger partial charge in [0.25, 0.3) is 5.91 Å². The molecule has 1 unspecified atom stereocenters. The molecule has 3 N–H and O–H groups in total. The minimum absolute atomic E-state index is 0.00637. The minimum atomic E-state index is -0.447. The first-order valence-electron chi connectivity index (χ1n) is 9.72. The number of hydrogen-bond acceptors (Lipinski definition) is 3. The van der Waals surface area contributed by atoms with Crippen molar-refractivity contribution in [1.82, 2.24) is 15.6 Å². The van der Waals surface area contributed by atoms with Crippen LogP contribution in [-0.4, -0.2) is 37.1 Å². The number of rotatable bonds is 6. The Balaban J connectivity index is 1.37. The van der Waals surface area contributed by atoms with E-state index in [9.17, 15) is 13.6 Å². The molecule has 2 aromatic carbocycles. The molecule has 4 rings (SSSR count). The van der Waals surface area contributed by atoms with Gasteiger partial charge in [-0.2, -0.15) is 0 Å². The second kappa shape index (κ2) is 8.21. The summed E-state index contributed by atoms with van der Waals surface area (Å²) in [5.41, 5.74) is 3.04. The summed E-state index contributed by atoms with van der Waals surface area (Å²) in [6.45, 7) is 1.08. The highest BCUT2D eigenvalue weighted by Gasteiger charge is 2.26. The quantitative estimate of drug-likeness (QED) is 0.557. The molecular weight excluding hydrogens is 376 g/mol. The highest BCUT2D eigenvalue weighted by molar-refractivity contribution is 5.96. The standard InChI is InChI=1S/C22H23F2N3O2/c1-25-22(28)16-5-6-19(24)21-18(16)10-15(12-29-21)26-8-2-3-13-11-27-20-7-4-14(23)9-17(13)20/h4-7,9,11,15,26-27H,2-3,8,10,12H2,1H3,(H,25,28). The van der Waals surface area contributed by atoms with E-state index in [0.717, 1.165) is 35.9 Å². The number of carbonyl (C=O) groups is 1. The Morgan fingerprint density at radius 2 is 2.14 bits per heavy atom. The van der Waals surface area contributed by atoms with Gasteiger partial charge in [0, 0.05) is 41.3 Å². The zero-order valence-corrected chi connectivity index (χ0v) is 16.1. The molecule has 1 atom stereocenters. The van der Waals surface area contributed by atoms with E-state index in [1.165, 1.54) is 18.2 Å². The van der Waals surface area contributed by atoms with Crippen LogP contribution in [0.2, 0.25) is 0 Å². The van der Waals surface area contributed by atoms with Crippen molar-refractivity contribution in [2.24, 2.45) is 0 Å². The third-order valence-corrected chi connectivity index (χ3v) is 5.35. The maximum Gasteiger partial charge on any atom is 0.251 e. The summed E-state index contributed by atoms with van der Waals surface area (Å²) >= 11 is 0. The first-order chi connectivity index (χ1) is 14.1. The fourth-order valence-electron chi connectivity index (χ4n) is 3.87. The van der Waals surface area contributed by atoms with Crippen molar-refractivity contribution >= 4 is 16.8 Å². The lowest BCUT2D eigenvalue weighted by molar-refractivity contribution is 0.0960. The summed E-state index contributed by atoms with van der Waals surface area (Å²) in [5, 5.41) is 6.92. The number of aryl methyl sites for hydroxylation is 1. The molecule has 0 aliphatic carbocycles. The number of aromatic amines is 1. The normalized spacial score (nSPS) is 15.8. The number of amides is 1. The van der Waals surface area contributed by atoms with E-state index in [1.807, 2.05) is 6.20 Å². The minimum Gasteiger partial charge on any atom is -0.489 e. The zero-order chi connectivity index (χ0) is 20.4. The van der Waals surface area contributed by atoms with Crippen LogP contribution in [0.4, 0.5) is 8.78 Å². The van der Waals surface area contributed by atoms with Crippen LogP contribution in [0.1, 0.15) is 27.9 Å². The molecule has 0 bridgehead atoms. The SMILES string of the molecule is CNC(=O)c1ccc(F)c2c1CC(NCCCc1c[nH]c3ccc(F)cc13)CO2. The van der Waals surface area contributed by atoms with Crippen molar-refractivity contribution < 1.29 is 18.3 Å². The summed E-state index contributed by atoms with van der Waals surface area (Å²) in [5.74, 6) is -0.770. The topological polar surface area (TPSA) is 66.2 Å². The van der Waals surface area contributed by atoms with Gasteiger partial charge in [0.15, 0.2) is 11.6 Å². The predicted octanol–water partition coefficient (Wildman–Crippen LogP) is 3.33. The van der Waals surface area contributed by atoms with Gasteiger partial charge in [-0.05, 0) is 61.7 Å². The molecule has 3 aromatic rings. The molecule has 0 spiro atoms. The largest absolute Gasteiger partial charge is 0.489 e. The number of benzene rings is 2. The molecule has 1 amide bonds. The van der Waals surface area contributed by atoms with Crippen LogP contribution >= 0.6 is 0 Å². The van der Waals surface area contributed by atoms with E-state index >= 15 is 0 Å². The molecule has 152 valence electrons. The average molecular weight is 399 g/mol. The van der Waals surface area contributed by atoms with E-state index in [1.54, 1.807) is 19.2 Å². The number of aromatic nitrogens is 1. The number of halogens is 2. The van der Waals surface area contributed by atoms with Gasteiger partial charge in [0.1, 0.15) is 12.4 Å². The van der Waals surface area contributed by atoms with Crippen LogP contribution in [0.15, 0.2) is 36.5 Å². The van der Waals surface area contributed by atoms with Gasteiger partial charge in [-0.1, -0.05) is 0 Å². The van der Waals surface area contributed by atoms with Crippen LogP contribution < -0.4 is 15.4 Å². The Morgan fingerprint density at radius 3 is 2.97 bits per heavy atom. The number of carbonyl (C=O) groups excluding carboxylic acids is 1. The Bertz CT molecular complexity index is 1050. The Morgan fingerprint density at radius 1 is 1.28 bits per heavy atom. The molecule has 0 saturated heterocycles. The number of nitrogens with one attached hydrogen (secondary N) is 3. The number of H-pyrrole nitrogens is 1. The highest BCUT2D eigenvalue weighted by Crippen LogP contribution is 2.31. The Labute approximate surface area is 167 Å². The van der Waals surface area contributed by atoms with Gasteiger partial charge in [-0.3, -0.25) is 4.79 Å². The number of fused-ring (bicyclic) bond motifs is 2. The van der Waals surface area contributed by atoms with Gasteiger partial charge in [0.2, 0.25) is 0 Å². The lowest BCUT2D eigenvalue weighted by atomic mass is 9.96. The van der Waals surface area contributed by atoms with Gasteiger partial charge < -0.3 is 20.4 Å². The van der Waals surface area contributed by atoms with Crippen molar-refractivity contribution in [1.29, 1.82) is 0 Å². The van der Waals surface area contributed by atoms with Crippen molar-refractivity contribution in [2.75, 3.05) is 20.2 Å². The van der Waals surface area contributed by atoms with Crippen LogP contribution in [0.25, 0.3) is 10.9 Å². The monoisotopic (exact) mass is 399 g/mol. The fraction of sp³-hybridized carbons (Fsp3) is 0.318. The molecule has 5 nitrogen and oxygen atoms in total. The summed E-state index contributed by atoms with van der Waals surface area (Å²) in [4.78, 5) is 15.3. The maximum atomic E-state index is 14.1. The van der Waals surface area contributed by atoms with E-state index in [2.05, 4.69) is 15.6 Å². The van der Waals surface area contributed by atoms with Gasteiger partial charge in [-0.25, -0.2) is 8.78 Å². The molecule has 29 heavy (non-hydrogen) atoms. The molecule has 0 saturated carbocycles. The summed E-state index contributed by atoms with van der Waals surface area (Å²) in [7, 11) is 1.55. The third kappa shape index (κ3) is 3.96. The number of hydrogen-bond donors (Lipinski definition) is 3. The van der Waals surface area contributed by atoms with E-state index in [4.69, 9.17) is 4.74 Å². The maximum absolute atomic E-state index is 14.1. The molecule has 0 radical (unpaired) electrons. The molecule has 2 heterocycles. The van der Waals surface area contributed by atoms with Crippen molar-refractivity contribution in [3.63, 3.8) is 0 Å². The fourth-order valence-corrected chi connectivity index (χ4v) is 3.87. The predicted molar refractivity (Wildman–Crippen MR) is 107 cm³/mol. The number of ether oxygens (including phenoxy) is 1. The Kier molecular flexibility index (Phi) is 5.49. The first-order valence-corrected chi connectivity index (χ1v) is 9.72. The summed E-state index contributed by atoms with van der Waals surface area (Å²) in [6.07, 6.45) is 4.10.